The van der Waals surface area contributed by atoms with Crippen LogP contribution in [0.4, 0.5) is 0 Å². The van der Waals surface area contributed by atoms with Crippen molar-refractivity contribution in [2.24, 2.45) is 0 Å². The number of imidazole rings is 1. The Kier molecular flexibility index (Phi) is 3.35. The zero-order valence-corrected chi connectivity index (χ0v) is 15.3. The first-order valence-electron chi connectivity index (χ1n) is 9.88. The quantitative estimate of drug-likeness (QED) is 0.552. The molecule has 0 amide bonds. The van der Waals surface area contributed by atoms with Crippen molar-refractivity contribution >= 4 is 16.7 Å². The number of benzene rings is 1. The maximum Gasteiger partial charge on any atom is 0.160 e. The van der Waals surface area contributed by atoms with E-state index in [1.807, 2.05) is 10.5 Å². The molecule has 6 rings (SSSR count). The van der Waals surface area contributed by atoms with E-state index in [0.717, 1.165) is 48.8 Å². The predicted molar refractivity (Wildman–Crippen MR) is 105 cm³/mol. The van der Waals surface area contributed by atoms with Gasteiger partial charge in [-0.2, -0.15) is 0 Å². The summed E-state index contributed by atoms with van der Waals surface area (Å²) in [4.78, 5) is 7.67. The second-order valence-electron chi connectivity index (χ2n) is 7.77. The van der Waals surface area contributed by atoms with Crippen molar-refractivity contribution in [2.75, 3.05) is 13.1 Å². The number of pyridine rings is 1. The van der Waals surface area contributed by atoms with Crippen LogP contribution in [0, 0.1) is 0 Å². The Morgan fingerprint density at radius 3 is 2.78 bits per heavy atom. The molecule has 6 heteroatoms. The summed E-state index contributed by atoms with van der Waals surface area (Å²) in [6, 6.07) is 11.6. The van der Waals surface area contributed by atoms with Gasteiger partial charge in [0.15, 0.2) is 5.65 Å². The summed E-state index contributed by atoms with van der Waals surface area (Å²) in [5, 5.41) is 8.04. The molecule has 4 aromatic rings. The minimum Gasteiger partial charge on any atom is -0.327 e. The standard InChI is InChI=1S/C21H22N6/c1-2-17(3-1)25-9-8-20-23-18-12-15(4-6-19(18)27(20)11-10-25)16-5-7-21-24-22-14-26(21)13-16/h4-7,12-14,17H,1-3,8-11H2. The molecule has 4 heterocycles. The van der Waals surface area contributed by atoms with E-state index in [2.05, 4.69) is 50.1 Å². The molecule has 2 aliphatic rings. The zero-order chi connectivity index (χ0) is 17.8. The van der Waals surface area contributed by atoms with Gasteiger partial charge in [-0.15, -0.1) is 10.2 Å². The molecule has 0 saturated heterocycles. The maximum absolute atomic E-state index is 4.99. The lowest BCUT2D eigenvalue weighted by Crippen LogP contribution is -2.41. The van der Waals surface area contributed by atoms with Crippen LogP contribution in [0.3, 0.4) is 0 Å². The van der Waals surface area contributed by atoms with Gasteiger partial charge in [0.05, 0.1) is 11.0 Å². The predicted octanol–water partition coefficient (Wildman–Crippen LogP) is 3.16. The molecule has 0 spiro atoms. The molecule has 0 radical (unpaired) electrons. The lowest BCUT2D eigenvalue weighted by Gasteiger charge is -2.36. The van der Waals surface area contributed by atoms with Crippen molar-refractivity contribution in [1.82, 2.24) is 29.0 Å². The van der Waals surface area contributed by atoms with Crippen molar-refractivity contribution in [1.29, 1.82) is 0 Å². The minimum absolute atomic E-state index is 0.819. The molecule has 0 atom stereocenters. The number of hydrogen-bond donors (Lipinski definition) is 0. The Balaban J connectivity index is 1.35. The monoisotopic (exact) mass is 358 g/mol. The van der Waals surface area contributed by atoms with Crippen molar-refractivity contribution in [2.45, 2.75) is 38.3 Å². The van der Waals surface area contributed by atoms with Crippen LogP contribution in [0.1, 0.15) is 25.1 Å². The average Bonchev–Trinajstić information content (AvgIpc) is 3.20. The van der Waals surface area contributed by atoms with Crippen molar-refractivity contribution in [3.8, 4) is 11.1 Å². The largest absolute Gasteiger partial charge is 0.327 e. The molecule has 1 aromatic carbocycles. The van der Waals surface area contributed by atoms with Gasteiger partial charge in [-0.1, -0.05) is 12.5 Å². The summed E-state index contributed by atoms with van der Waals surface area (Å²) < 4.78 is 4.39. The van der Waals surface area contributed by atoms with Crippen LogP contribution in [0.15, 0.2) is 42.9 Å². The highest BCUT2D eigenvalue weighted by Crippen LogP contribution is 2.29. The SMILES string of the molecule is c1cc2c(cc1-c1ccc3nncn3c1)nc1n2CCN(C2CCC2)CC1. The van der Waals surface area contributed by atoms with Crippen molar-refractivity contribution in [3.05, 3.63) is 48.7 Å². The molecular weight excluding hydrogens is 336 g/mol. The highest BCUT2D eigenvalue weighted by Gasteiger charge is 2.27. The highest BCUT2D eigenvalue weighted by molar-refractivity contribution is 5.82. The van der Waals surface area contributed by atoms with E-state index in [9.17, 15) is 0 Å². The molecular formula is C21H22N6. The smallest absolute Gasteiger partial charge is 0.160 e. The van der Waals surface area contributed by atoms with E-state index in [1.165, 1.54) is 36.2 Å². The van der Waals surface area contributed by atoms with Crippen molar-refractivity contribution in [3.63, 3.8) is 0 Å². The van der Waals surface area contributed by atoms with E-state index < -0.39 is 0 Å². The Bertz CT molecular complexity index is 1140. The van der Waals surface area contributed by atoms with Gasteiger partial charge in [-0.25, -0.2) is 4.98 Å². The van der Waals surface area contributed by atoms with Crippen LogP contribution in [0.25, 0.3) is 27.8 Å². The van der Waals surface area contributed by atoms with Gasteiger partial charge >= 0.3 is 0 Å². The van der Waals surface area contributed by atoms with E-state index in [-0.39, 0.29) is 0 Å². The van der Waals surface area contributed by atoms with E-state index >= 15 is 0 Å². The number of fused-ring (bicyclic) bond motifs is 4. The van der Waals surface area contributed by atoms with Crippen LogP contribution >= 0.6 is 0 Å². The van der Waals surface area contributed by atoms with Crippen molar-refractivity contribution < 1.29 is 0 Å². The van der Waals surface area contributed by atoms with Gasteiger partial charge in [0.2, 0.25) is 0 Å². The Hall–Kier alpha value is -2.73. The first kappa shape index (κ1) is 15.3. The average molecular weight is 358 g/mol. The first-order valence-corrected chi connectivity index (χ1v) is 9.88. The Morgan fingerprint density at radius 1 is 0.963 bits per heavy atom. The van der Waals surface area contributed by atoms with E-state index in [1.54, 1.807) is 6.33 Å². The molecule has 136 valence electrons. The third kappa shape index (κ3) is 2.47. The summed E-state index contributed by atoms with van der Waals surface area (Å²) in [6.07, 6.45) is 9.02. The topological polar surface area (TPSA) is 51.2 Å². The fourth-order valence-corrected chi connectivity index (χ4v) is 4.50. The lowest BCUT2D eigenvalue weighted by atomic mass is 9.91. The normalized spacial score (nSPS) is 18.5. The van der Waals surface area contributed by atoms with Gasteiger partial charge < -0.3 is 4.57 Å². The maximum atomic E-state index is 4.99. The summed E-state index contributed by atoms with van der Waals surface area (Å²) in [5.74, 6) is 1.23. The number of aromatic nitrogens is 5. The van der Waals surface area contributed by atoms with Gasteiger partial charge in [-0.05, 0) is 48.2 Å². The fraction of sp³-hybridized carbons (Fsp3) is 0.381. The molecule has 1 aliphatic carbocycles. The summed E-state index contributed by atoms with van der Waals surface area (Å²) in [5.41, 5.74) is 5.56. The van der Waals surface area contributed by atoms with Crippen LogP contribution in [-0.2, 0) is 13.0 Å². The van der Waals surface area contributed by atoms with Crippen LogP contribution in [0.5, 0.6) is 0 Å². The van der Waals surface area contributed by atoms with E-state index in [4.69, 9.17) is 4.98 Å². The molecule has 0 bridgehead atoms. The molecule has 1 saturated carbocycles. The van der Waals surface area contributed by atoms with Gasteiger partial charge in [0, 0.05) is 38.3 Å². The number of nitrogens with zero attached hydrogens (tertiary/aromatic N) is 6. The number of hydrogen-bond acceptors (Lipinski definition) is 4. The molecule has 0 unspecified atom stereocenters. The molecule has 6 nitrogen and oxygen atoms in total. The molecule has 27 heavy (non-hydrogen) atoms. The highest BCUT2D eigenvalue weighted by atomic mass is 15.2. The Labute approximate surface area is 157 Å². The summed E-state index contributed by atoms with van der Waals surface area (Å²) in [7, 11) is 0. The lowest BCUT2D eigenvalue weighted by molar-refractivity contribution is 0.130. The zero-order valence-electron chi connectivity index (χ0n) is 15.3. The van der Waals surface area contributed by atoms with Gasteiger partial charge in [0.25, 0.3) is 0 Å². The molecule has 1 fully saturated rings. The van der Waals surface area contributed by atoms with E-state index in [0.29, 0.717) is 0 Å². The number of rotatable bonds is 2. The second kappa shape index (κ2) is 5.89. The first-order chi connectivity index (χ1) is 13.3. The summed E-state index contributed by atoms with van der Waals surface area (Å²) in [6.45, 7) is 3.34. The third-order valence-electron chi connectivity index (χ3n) is 6.28. The van der Waals surface area contributed by atoms with Gasteiger partial charge in [-0.3, -0.25) is 9.30 Å². The summed E-state index contributed by atoms with van der Waals surface area (Å²) >= 11 is 0. The Morgan fingerprint density at radius 2 is 1.89 bits per heavy atom. The molecule has 0 N–H and O–H groups in total. The molecule has 1 aliphatic heterocycles. The second-order valence-corrected chi connectivity index (χ2v) is 7.77. The van der Waals surface area contributed by atoms with Crippen LogP contribution in [-0.4, -0.2) is 48.2 Å². The minimum atomic E-state index is 0.819. The van der Waals surface area contributed by atoms with Crippen LogP contribution in [0.2, 0.25) is 0 Å². The van der Waals surface area contributed by atoms with Gasteiger partial charge in [0.1, 0.15) is 12.2 Å². The molecule has 3 aromatic heterocycles. The van der Waals surface area contributed by atoms with Crippen LogP contribution < -0.4 is 0 Å². The fourth-order valence-electron chi connectivity index (χ4n) is 4.50. The third-order valence-corrected chi connectivity index (χ3v) is 6.28.